The van der Waals surface area contributed by atoms with E-state index in [0.29, 0.717) is 6.42 Å². The number of benzene rings is 1. The maximum atomic E-state index is 13.1. The van der Waals surface area contributed by atoms with E-state index in [4.69, 9.17) is 0 Å². The predicted molar refractivity (Wildman–Crippen MR) is 92.2 cm³/mol. The van der Waals surface area contributed by atoms with Crippen molar-refractivity contribution in [2.75, 3.05) is 19.6 Å². The summed E-state index contributed by atoms with van der Waals surface area (Å²) in [6.45, 7) is 4.22. The molecule has 1 fully saturated rings. The molecular formula is C19H23FN4O. The number of rotatable bonds is 5. The number of carbonyl (C=O) groups is 1. The normalized spacial score (nSPS) is 20.9. The second-order valence-electron chi connectivity index (χ2n) is 6.99. The highest BCUT2D eigenvalue weighted by Gasteiger charge is 2.27. The fourth-order valence-corrected chi connectivity index (χ4v) is 3.89. The van der Waals surface area contributed by atoms with Gasteiger partial charge in [0.1, 0.15) is 5.82 Å². The average molecular weight is 342 g/mol. The number of fused-ring (bicyclic) bond motifs is 1. The monoisotopic (exact) mass is 342 g/mol. The zero-order valence-electron chi connectivity index (χ0n) is 14.3. The van der Waals surface area contributed by atoms with Crippen molar-refractivity contribution in [2.24, 2.45) is 0 Å². The lowest BCUT2D eigenvalue weighted by Crippen LogP contribution is -2.39. The Labute approximate surface area is 147 Å². The Balaban J connectivity index is 1.43. The molecule has 0 unspecified atom stereocenters. The Morgan fingerprint density at radius 1 is 1.20 bits per heavy atom. The van der Waals surface area contributed by atoms with Gasteiger partial charge in [0.2, 0.25) is 5.91 Å². The molecule has 1 aromatic heterocycles. The van der Waals surface area contributed by atoms with Gasteiger partial charge in [-0.2, -0.15) is 5.10 Å². The molecule has 1 atom stereocenters. The van der Waals surface area contributed by atoms with Crippen LogP contribution in [0.1, 0.15) is 36.6 Å². The summed E-state index contributed by atoms with van der Waals surface area (Å²) in [5.41, 5.74) is 2.31. The summed E-state index contributed by atoms with van der Waals surface area (Å²) >= 11 is 0. The largest absolute Gasteiger partial charge is 0.343 e. The molecule has 0 saturated carbocycles. The lowest BCUT2D eigenvalue weighted by Gasteiger charge is -2.34. The number of carbonyl (C=O) groups excluding carboxylic acids is 1. The molecule has 5 nitrogen and oxygen atoms in total. The molecule has 2 aromatic rings. The first kappa shape index (κ1) is 16.3. The highest BCUT2D eigenvalue weighted by Crippen LogP contribution is 2.25. The minimum absolute atomic E-state index is 0.200. The molecular weight excluding hydrogens is 319 g/mol. The third kappa shape index (κ3) is 3.58. The lowest BCUT2D eigenvalue weighted by molar-refractivity contribution is -0.127. The van der Waals surface area contributed by atoms with Gasteiger partial charge in [-0.15, -0.1) is 0 Å². The molecule has 2 aliphatic rings. The Kier molecular flexibility index (Phi) is 4.53. The van der Waals surface area contributed by atoms with Crippen molar-refractivity contribution in [3.63, 3.8) is 0 Å². The van der Waals surface area contributed by atoms with Gasteiger partial charge in [0.25, 0.3) is 0 Å². The van der Waals surface area contributed by atoms with Crippen molar-refractivity contribution in [1.29, 1.82) is 0 Å². The minimum Gasteiger partial charge on any atom is -0.343 e. The molecule has 0 N–H and O–H groups in total. The first-order valence-corrected chi connectivity index (χ1v) is 8.96. The van der Waals surface area contributed by atoms with Gasteiger partial charge in [-0.3, -0.25) is 14.4 Å². The Hall–Kier alpha value is -2.21. The van der Waals surface area contributed by atoms with Crippen molar-refractivity contribution in [1.82, 2.24) is 19.6 Å². The van der Waals surface area contributed by atoms with Gasteiger partial charge in [-0.25, -0.2) is 4.39 Å². The molecule has 1 aromatic carbocycles. The van der Waals surface area contributed by atoms with Crippen LogP contribution in [0.25, 0.3) is 0 Å². The van der Waals surface area contributed by atoms with Gasteiger partial charge >= 0.3 is 0 Å². The fraction of sp³-hybridized carbons (Fsp3) is 0.474. The quantitative estimate of drug-likeness (QED) is 0.839. The minimum atomic E-state index is -0.200. The van der Waals surface area contributed by atoms with Gasteiger partial charge in [0.05, 0.1) is 11.7 Å². The van der Waals surface area contributed by atoms with Crippen molar-refractivity contribution in [3.05, 3.63) is 53.6 Å². The van der Waals surface area contributed by atoms with E-state index < -0.39 is 0 Å². The van der Waals surface area contributed by atoms with Crippen LogP contribution in [0.15, 0.2) is 36.5 Å². The van der Waals surface area contributed by atoms with Gasteiger partial charge in [-0.1, -0.05) is 12.1 Å². The molecule has 0 radical (unpaired) electrons. The van der Waals surface area contributed by atoms with Crippen LogP contribution in [-0.2, 0) is 17.9 Å². The number of aromatic nitrogens is 2. The summed E-state index contributed by atoms with van der Waals surface area (Å²) in [4.78, 5) is 16.2. The summed E-state index contributed by atoms with van der Waals surface area (Å²) in [7, 11) is 0. The maximum absolute atomic E-state index is 13.1. The topological polar surface area (TPSA) is 41.4 Å². The number of halogens is 1. The van der Waals surface area contributed by atoms with Crippen molar-refractivity contribution in [3.8, 4) is 0 Å². The standard InChI is InChI=1S/C19H23FN4O/c20-16-5-3-15(4-6-16)12-22-13-17-7-9-21-24(17)18(14-22)8-11-23-10-1-2-19(23)25/h3-7,9,18H,1-2,8,10-14H2/t18-/m0/s1. The lowest BCUT2D eigenvalue weighted by atomic mass is 10.1. The number of amides is 1. The molecule has 1 amide bonds. The van der Waals surface area contributed by atoms with Gasteiger partial charge < -0.3 is 4.90 Å². The van der Waals surface area contributed by atoms with Gasteiger partial charge in [0.15, 0.2) is 0 Å². The molecule has 0 spiro atoms. The number of hydrogen-bond donors (Lipinski definition) is 0. The van der Waals surface area contributed by atoms with E-state index in [1.807, 2.05) is 23.2 Å². The highest BCUT2D eigenvalue weighted by atomic mass is 19.1. The molecule has 0 bridgehead atoms. The van der Waals surface area contributed by atoms with E-state index in [-0.39, 0.29) is 17.8 Å². The average Bonchev–Trinajstić information content (AvgIpc) is 3.23. The number of nitrogens with zero attached hydrogens (tertiary/aromatic N) is 4. The molecule has 6 heteroatoms. The fourth-order valence-electron chi connectivity index (χ4n) is 3.89. The van der Waals surface area contributed by atoms with Crippen LogP contribution < -0.4 is 0 Å². The molecule has 4 rings (SSSR count). The van der Waals surface area contributed by atoms with Gasteiger partial charge in [0, 0.05) is 45.3 Å². The summed E-state index contributed by atoms with van der Waals surface area (Å²) < 4.78 is 15.2. The number of likely N-dealkylation sites (tertiary alicyclic amines) is 1. The molecule has 0 aliphatic carbocycles. The Morgan fingerprint density at radius 2 is 2.04 bits per heavy atom. The van der Waals surface area contributed by atoms with E-state index >= 15 is 0 Å². The van der Waals surface area contributed by atoms with E-state index in [1.165, 1.54) is 17.8 Å². The molecule has 25 heavy (non-hydrogen) atoms. The second-order valence-corrected chi connectivity index (χ2v) is 6.99. The van der Waals surface area contributed by atoms with Crippen LogP contribution in [0, 0.1) is 5.82 Å². The van der Waals surface area contributed by atoms with E-state index in [2.05, 4.69) is 20.7 Å². The van der Waals surface area contributed by atoms with Crippen LogP contribution >= 0.6 is 0 Å². The van der Waals surface area contributed by atoms with Crippen LogP contribution in [0.5, 0.6) is 0 Å². The summed E-state index contributed by atoms with van der Waals surface area (Å²) in [5, 5.41) is 4.49. The summed E-state index contributed by atoms with van der Waals surface area (Å²) in [5.74, 6) is 0.0771. The Bertz CT molecular complexity index is 742. The van der Waals surface area contributed by atoms with Crippen molar-refractivity contribution in [2.45, 2.75) is 38.4 Å². The second kappa shape index (κ2) is 6.96. The first-order valence-electron chi connectivity index (χ1n) is 8.96. The summed E-state index contributed by atoms with van der Waals surface area (Å²) in [6, 6.07) is 9.05. The maximum Gasteiger partial charge on any atom is 0.222 e. The van der Waals surface area contributed by atoms with Gasteiger partial charge in [-0.05, 0) is 36.6 Å². The van der Waals surface area contributed by atoms with E-state index in [0.717, 1.165) is 51.1 Å². The van der Waals surface area contributed by atoms with E-state index in [1.54, 1.807) is 0 Å². The van der Waals surface area contributed by atoms with Crippen LogP contribution in [-0.4, -0.2) is 45.1 Å². The highest BCUT2D eigenvalue weighted by molar-refractivity contribution is 5.77. The van der Waals surface area contributed by atoms with Crippen LogP contribution in [0.2, 0.25) is 0 Å². The molecule has 2 aliphatic heterocycles. The first-order chi connectivity index (χ1) is 12.2. The van der Waals surface area contributed by atoms with Crippen molar-refractivity contribution < 1.29 is 9.18 Å². The summed E-state index contributed by atoms with van der Waals surface area (Å²) in [6.07, 6.45) is 4.44. The molecule has 1 saturated heterocycles. The third-order valence-electron chi connectivity index (χ3n) is 5.18. The predicted octanol–water partition coefficient (Wildman–Crippen LogP) is 2.59. The van der Waals surface area contributed by atoms with Crippen molar-refractivity contribution >= 4 is 5.91 Å². The van der Waals surface area contributed by atoms with Crippen LogP contribution in [0.3, 0.4) is 0 Å². The molecule has 3 heterocycles. The SMILES string of the molecule is O=C1CCCN1CC[C@H]1CN(Cc2ccc(F)cc2)Cc2ccnn21. The van der Waals surface area contributed by atoms with Crippen LogP contribution in [0.4, 0.5) is 4.39 Å². The zero-order valence-corrected chi connectivity index (χ0v) is 14.3. The van der Waals surface area contributed by atoms with E-state index in [9.17, 15) is 9.18 Å². The Morgan fingerprint density at radius 3 is 2.80 bits per heavy atom. The number of hydrogen-bond acceptors (Lipinski definition) is 3. The zero-order chi connectivity index (χ0) is 17.2. The smallest absolute Gasteiger partial charge is 0.222 e. The third-order valence-corrected chi connectivity index (χ3v) is 5.18. The molecule has 132 valence electrons.